The van der Waals surface area contributed by atoms with Gasteiger partial charge >= 0.3 is 5.97 Å². The SMILES string of the molecule is CCOC(=O)c1cn2c(C3CCCCC3)c3n(c2n1)CCOc1cc(OCc2ccccc2)ccc1-3. The molecule has 0 spiro atoms. The van der Waals surface area contributed by atoms with E-state index in [1.807, 2.05) is 43.5 Å². The van der Waals surface area contributed by atoms with Gasteiger partial charge in [-0.15, -0.1) is 0 Å². The summed E-state index contributed by atoms with van der Waals surface area (Å²) in [5, 5.41) is 0. The van der Waals surface area contributed by atoms with E-state index in [0.29, 0.717) is 38.0 Å². The molecule has 0 unspecified atom stereocenters. The normalized spacial score (nSPS) is 15.6. The van der Waals surface area contributed by atoms with Gasteiger partial charge in [0.05, 0.1) is 24.5 Å². The fourth-order valence-electron chi connectivity index (χ4n) is 5.55. The molecule has 1 aliphatic heterocycles. The second kappa shape index (κ2) is 9.72. The number of ether oxygens (including phenoxy) is 3. The maximum Gasteiger partial charge on any atom is 0.358 e. The van der Waals surface area contributed by atoms with Crippen molar-refractivity contribution < 1.29 is 19.0 Å². The Morgan fingerprint density at radius 2 is 1.94 bits per heavy atom. The highest BCUT2D eigenvalue weighted by Gasteiger charge is 2.31. The Morgan fingerprint density at radius 1 is 1.11 bits per heavy atom. The lowest BCUT2D eigenvalue weighted by Crippen LogP contribution is -2.10. The third kappa shape index (κ3) is 4.12. The Balaban J connectivity index is 1.43. The summed E-state index contributed by atoms with van der Waals surface area (Å²) in [7, 11) is 0. The lowest BCUT2D eigenvalue weighted by molar-refractivity contribution is 0.0520. The van der Waals surface area contributed by atoms with Gasteiger partial charge < -0.3 is 18.8 Å². The molecule has 6 rings (SSSR count). The van der Waals surface area contributed by atoms with Gasteiger partial charge in [0.1, 0.15) is 24.7 Å². The largest absolute Gasteiger partial charge is 0.491 e. The van der Waals surface area contributed by atoms with Crippen LogP contribution in [0.2, 0.25) is 0 Å². The Bertz CT molecular complexity index is 1380. The molecule has 186 valence electrons. The average Bonchev–Trinajstić information content (AvgIpc) is 3.41. The van der Waals surface area contributed by atoms with Crippen LogP contribution in [0.3, 0.4) is 0 Å². The van der Waals surface area contributed by atoms with Crippen LogP contribution < -0.4 is 9.47 Å². The summed E-state index contributed by atoms with van der Waals surface area (Å²) in [6, 6.07) is 16.3. The van der Waals surface area contributed by atoms with Gasteiger partial charge in [0.25, 0.3) is 0 Å². The van der Waals surface area contributed by atoms with Crippen LogP contribution in [0.4, 0.5) is 0 Å². The minimum Gasteiger partial charge on any atom is -0.491 e. The fourth-order valence-corrected chi connectivity index (χ4v) is 5.55. The number of carbonyl (C=O) groups excluding carboxylic acids is 1. The number of benzene rings is 2. The molecule has 0 radical (unpaired) electrons. The summed E-state index contributed by atoms with van der Waals surface area (Å²) in [5.41, 5.74) is 4.89. The smallest absolute Gasteiger partial charge is 0.358 e. The second-order valence-electron chi connectivity index (χ2n) is 9.52. The van der Waals surface area contributed by atoms with E-state index in [4.69, 9.17) is 19.2 Å². The molecule has 0 saturated heterocycles. The van der Waals surface area contributed by atoms with E-state index in [1.54, 1.807) is 0 Å². The second-order valence-corrected chi connectivity index (χ2v) is 9.52. The Morgan fingerprint density at radius 3 is 2.75 bits per heavy atom. The predicted molar refractivity (Wildman–Crippen MR) is 137 cm³/mol. The molecule has 0 N–H and O–H groups in total. The van der Waals surface area contributed by atoms with Crippen LogP contribution in [-0.2, 0) is 17.9 Å². The number of carbonyl (C=O) groups is 1. The predicted octanol–water partition coefficient (Wildman–Crippen LogP) is 6.00. The minimum atomic E-state index is -0.379. The Labute approximate surface area is 210 Å². The first-order valence-electron chi connectivity index (χ1n) is 13.0. The first kappa shape index (κ1) is 22.7. The van der Waals surface area contributed by atoms with Gasteiger partial charge in [-0.2, -0.15) is 0 Å². The molecule has 7 nitrogen and oxygen atoms in total. The molecule has 0 atom stereocenters. The zero-order chi connectivity index (χ0) is 24.5. The highest BCUT2D eigenvalue weighted by atomic mass is 16.5. The minimum absolute atomic E-state index is 0.331. The maximum absolute atomic E-state index is 12.5. The van der Waals surface area contributed by atoms with Crippen molar-refractivity contribution in [2.45, 2.75) is 58.1 Å². The lowest BCUT2D eigenvalue weighted by Gasteiger charge is -2.23. The zero-order valence-electron chi connectivity index (χ0n) is 20.6. The van der Waals surface area contributed by atoms with E-state index in [1.165, 1.54) is 25.0 Å². The van der Waals surface area contributed by atoms with Crippen molar-refractivity contribution in [3.05, 3.63) is 71.7 Å². The summed E-state index contributed by atoms with van der Waals surface area (Å²) >= 11 is 0. The number of rotatable bonds is 6. The van der Waals surface area contributed by atoms with Crippen LogP contribution in [0.5, 0.6) is 11.5 Å². The van der Waals surface area contributed by atoms with Crippen molar-refractivity contribution >= 4 is 11.7 Å². The van der Waals surface area contributed by atoms with Crippen LogP contribution in [-0.4, -0.2) is 33.1 Å². The fraction of sp³-hybridized carbons (Fsp3) is 0.379. The molecule has 1 fully saturated rings. The zero-order valence-corrected chi connectivity index (χ0v) is 20.6. The number of esters is 1. The first-order chi connectivity index (χ1) is 17.7. The Kier molecular flexibility index (Phi) is 6.13. The molecular formula is C29H31N3O4. The molecule has 0 amide bonds. The molecule has 4 aromatic rings. The van der Waals surface area contributed by atoms with Crippen LogP contribution in [0.15, 0.2) is 54.7 Å². The van der Waals surface area contributed by atoms with E-state index in [9.17, 15) is 4.79 Å². The van der Waals surface area contributed by atoms with E-state index in [2.05, 4.69) is 27.2 Å². The number of hydrogen-bond acceptors (Lipinski definition) is 5. The number of fused-ring (bicyclic) bond motifs is 5. The molecule has 36 heavy (non-hydrogen) atoms. The van der Waals surface area contributed by atoms with Crippen LogP contribution in [0.25, 0.3) is 17.0 Å². The average molecular weight is 486 g/mol. The van der Waals surface area contributed by atoms with Crippen molar-refractivity contribution in [3.63, 3.8) is 0 Å². The summed E-state index contributed by atoms with van der Waals surface area (Å²) in [5.74, 6) is 2.40. The third-order valence-electron chi connectivity index (χ3n) is 7.21. The van der Waals surface area contributed by atoms with Gasteiger partial charge in [0.15, 0.2) is 5.69 Å². The van der Waals surface area contributed by atoms with Crippen LogP contribution >= 0.6 is 0 Å². The quantitative estimate of drug-likeness (QED) is 0.314. The van der Waals surface area contributed by atoms with E-state index < -0.39 is 0 Å². The van der Waals surface area contributed by atoms with Gasteiger partial charge in [-0.25, -0.2) is 9.78 Å². The molecule has 2 aromatic carbocycles. The molecule has 3 heterocycles. The standard InChI is InChI=1S/C29H31N3O4/c1-2-34-28(33)24-18-32-26(21-11-7-4-8-12-21)27-23-14-13-22(36-19-20-9-5-3-6-10-20)17-25(23)35-16-15-31(27)29(32)30-24/h3,5-6,9-10,13-14,17-18,21H,2,4,7-8,11-12,15-16,19H2,1H3. The van der Waals surface area contributed by atoms with Crippen molar-refractivity contribution in [2.24, 2.45) is 0 Å². The van der Waals surface area contributed by atoms with E-state index >= 15 is 0 Å². The lowest BCUT2D eigenvalue weighted by atomic mass is 9.85. The molecular weight excluding hydrogens is 454 g/mol. The van der Waals surface area contributed by atoms with Gasteiger partial charge in [-0.1, -0.05) is 49.6 Å². The van der Waals surface area contributed by atoms with Crippen molar-refractivity contribution in [3.8, 4) is 22.8 Å². The van der Waals surface area contributed by atoms with Gasteiger partial charge in [-0.3, -0.25) is 4.40 Å². The van der Waals surface area contributed by atoms with Gasteiger partial charge in [0, 0.05) is 23.7 Å². The third-order valence-corrected chi connectivity index (χ3v) is 7.21. The molecule has 7 heteroatoms. The van der Waals surface area contributed by atoms with Crippen molar-refractivity contribution in [2.75, 3.05) is 13.2 Å². The number of hydrogen-bond donors (Lipinski definition) is 0. The molecule has 0 bridgehead atoms. The molecule has 2 aromatic heterocycles. The molecule has 1 saturated carbocycles. The summed E-state index contributed by atoms with van der Waals surface area (Å²) in [6.45, 7) is 3.82. The first-order valence-corrected chi connectivity index (χ1v) is 13.0. The van der Waals surface area contributed by atoms with Crippen LogP contribution in [0.1, 0.15) is 66.7 Å². The highest BCUT2D eigenvalue weighted by Crippen LogP contribution is 2.44. The summed E-state index contributed by atoms with van der Waals surface area (Å²) in [4.78, 5) is 17.2. The van der Waals surface area contributed by atoms with E-state index in [0.717, 1.165) is 46.9 Å². The number of nitrogens with zero attached hydrogens (tertiary/aromatic N) is 3. The summed E-state index contributed by atoms with van der Waals surface area (Å²) in [6.07, 6.45) is 7.82. The van der Waals surface area contributed by atoms with Crippen molar-refractivity contribution in [1.29, 1.82) is 0 Å². The highest BCUT2D eigenvalue weighted by molar-refractivity contribution is 5.88. The van der Waals surface area contributed by atoms with E-state index in [-0.39, 0.29) is 5.97 Å². The van der Waals surface area contributed by atoms with Crippen LogP contribution in [0, 0.1) is 0 Å². The summed E-state index contributed by atoms with van der Waals surface area (Å²) < 4.78 is 21.9. The topological polar surface area (TPSA) is 67.0 Å². The molecule has 2 aliphatic rings. The Hall–Kier alpha value is -3.74. The van der Waals surface area contributed by atoms with Crippen molar-refractivity contribution in [1.82, 2.24) is 14.0 Å². The monoisotopic (exact) mass is 485 g/mol. The van der Waals surface area contributed by atoms with Gasteiger partial charge in [0.2, 0.25) is 5.78 Å². The molecule has 1 aliphatic carbocycles. The number of aromatic nitrogens is 3. The maximum atomic E-state index is 12.5. The van der Waals surface area contributed by atoms with Gasteiger partial charge in [-0.05, 0) is 37.5 Å². The number of imidazole rings is 2.